The number of rotatable bonds is 10. The molecule has 3 N–H and O–H groups in total. The minimum absolute atomic E-state index is 0.0760. The van der Waals surface area contributed by atoms with Crippen LogP contribution in [-0.2, 0) is 34.4 Å². The Bertz CT molecular complexity index is 1480. The van der Waals surface area contributed by atoms with Gasteiger partial charge < -0.3 is 14.8 Å². The highest BCUT2D eigenvalue weighted by atomic mass is 35.5. The van der Waals surface area contributed by atoms with Crippen LogP contribution in [0.4, 0.5) is 11.4 Å². The van der Waals surface area contributed by atoms with E-state index in [0.717, 1.165) is 4.31 Å². The number of hydrogen-bond donors (Lipinski definition) is 2. The smallest absolute Gasteiger partial charge is 0.344 e. The predicted octanol–water partition coefficient (Wildman–Crippen LogP) is 2.37. The normalized spacial score (nSPS) is 11.4. The molecule has 0 spiro atoms. The van der Waals surface area contributed by atoms with Gasteiger partial charge >= 0.3 is 5.97 Å². The van der Waals surface area contributed by atoms with E-state index in [-0.39, 0.29) is 21.2 Å². The first-order valence-electron chi connectivity index (χ1n) is 10.4. The summed E-state index contributed by atoms with van der Waals surface area (Å²) in [7, 11) is -6.26. The average molecular weight is 568 g/mol. The van der Waals surface area contributed by atoms with Crippen molar-refractivity contribution in [1.29, 1.82) is 0 Å². The molecule has 196 valence electrons. The van der Waals surface area contributed by atoms with Gasteiger partial charge in [-0.05, 0) is 72.8 Å². The van der Waals surface area contributed by atoms with Gasteiger partial charge in [0, 0.05) is 17.8 Å². The third-order valence-corrected chi connectivity index (χ3v) is 7.84. The lowest BCUT2D eigenvalue weighted by Crippen LogP contribution is -2.26. The number of carbonyl (C=O) groups is 2. The maximum absolute atomic E-state index is 12.8. The summed E-state index contributed by atoms with van der Waals surface area (Å²) < 4.78 is 59.3. The Morgan fingerprint density at radius 1 is 0.865 bits per heavy atom. The fraction of sp³-hybridized carbons (Fsp3) is 0.130. The zero-order valence-electron chi connectivity index (χ0n) is 19.3. The molecule has 37 heavy (non-hydrogen) atoms. The number of amides is 1. The first-order chi connectivity index (χ1) is 17.4. The molecule has 1 amide bonds. The van der Waals surface area contributed by atoms with Gasteiger partial charge in [0.05, 0.1) is 15.5 Å². The van der Waals surface area contributed by atoms with E-state index in [0.29, 0.717) is 10.7 Å². The second kappa shape index (κ2) is 11.6. The molecule has 0 fully saturated rings. The van der Waals surface area contributed by atoms with Crippen molar-refractivity contribution >= 4 is 54.9 Å². The van der Waals surface area contributed by atoms with E-state index in [1.54, 1.807) is 0 Å². The number of carbonyl (C=O) groups excluding carboxylic acids is 2. The summed E-state index contributed by atoms with van der Waals surface area (Å²) in [4.78, 5) is 23.8. The van der Waals surface area contributed by atoms with Gasteiger partial charge in [0.2, 0.25) is 10.0 Å². The lowest BCUT2D eigenvalue weighted by atomic mass is 10.3. The molecular weight excluding hydrogens is 546 g/mol. The third kappa shape index (κ3) is 7.67. The lowest BCUT2D eigenvalue weighted by Gasteiger charge is -2.20. The van der Waals surface area contributed by atoms with Gasteiger partial charge in [0.25, 0.3) is 15.9 Å². The van der Waals surface area contributed by atoms with Crippen LogP contribution >= 0.6 is 11.6 Å². The number of esters is 1. The highest BCUT2D eigenvalue weighted by molar-refractivity contribution is 7.92. The monoisotopic (exact) mass is 567 g/mol. The summed E-state index contributed by atoms with van der Waals surface area (Å²) in [5, 5.41) is 7.87. The van der Waals surface area contributed by atoms with Crippen molar-refractivity contribution in [3.8, 4) is 5.75 Å². The number of benzene rings is 3. The maximum Gasteiger partial charge on any atom is 0.344 e. The Kier molecular flexibility index (Phi) is 8.76. The molecule has 0 aliphatic heterocycles. The molecule has 0 aromatic heterocycles. The molecule has 0 heterocycles. The first-order valence-corrected chi connectivity index (χ1v) is 13.8. The molecule has 0 atom stereocenters. The minimum atomic E-state index is -3.85. The van der Waals surface area contributed by atoms with Gasteiger partial charge in [-0.1, -0.05) is 11.6 Å². The van der Waals surface area contributed by atoms with E-state index >= 15 is 0 Å². The van der Waals surface area contributed by atoms with Gasteiger partial charge in [0.15, 0.2) is 13.2 Å². The van der Waals surface area contributed by atoms with Crippen LogP contribution in [-0.4, -0.2) is 49.0 Å². The maximum atomic E-state index is 12.8. The highest BCUT2D eigenvalue weighted by Crippen LogP contribution is 2.25. The second-order valence-corrected chi connectivity index (χ2v) is 11.5. The van der Waals surface area contributed by atoms with Crippen molar-refractivity contribution in [2.75, 3.05) is 29.9 Å². The van der Waals surface area contributed by atoms with Crippen LogP contribution in [0.5, 0.6) is 5.75 Å². The van der Waals surface area contributed by atoms with Crippen LogP contribution in [0.1, 0.15) is 0 Å². The van der Waals surface area contributed by atoms with Crippen LogP contribution < -0.4 is 19.5 Å². The molecular formula is C23H22ClN3O8S2. The highest BCUT2D eigenvalue weighted by Gasteiger charge is 2.21. The van der Waals surface area contributed by atoms with Crippen molar-refractivity contribution in [3.05, 3.63) is 77.8 Å². The standard InChI is InChI=1S/C23H22ClN3O8S2/c1-27(37(32,33)21-10-2-16(24)3-11-21)18-6-8-19(9-7-18)34-15-23(29)35-14-22(28)26-17-4-12-20(13-5-17)36(25,30)31/h2-13H,14-15H2,1H3,(H,26,28)(H2,25,30,31). The van der Waals surface area contributed by atoms with Crippen molar-refractivity contribution in [3.63, 3.8) is 0 Å². The fourth-order valence-corrected chi connectivity index (χ4v) is 4.75. The molecule has 0 aliphatic carbocycles. The number of nitrogens with two attached hydrogens (primary N) is 1. The zero-order valence-corrected chi connectivity index (χ0v) is 21.7. The van der Waals surface area contributed by atoms with Crippen molar-refractivity contribution in [1.82, 2.24) is 0 Å². The Labute approximate surface area is 218 Å². The lowest BCUT2D eigenvalue weighted by molar-refractivity contribution is -0.149. The average Bonchev–Trinajstić information content (AvgIpc) is 2.86. The molecule has 0 saturated heterocycles. The van der Waals surface area contributed by atoms with Gasteiger partial charge in [-0.2, -0.15) is 0 Å². The predicted molar refractivity (Wildman–Crippen MR) is 136 cm³/mol. The Morgan fingerprint density at radius 3 is 2.00 bits per heavy atom. The van der Waals surface area contributed by atoms with E-state index in [1.165, 1.54) is 79.8 Å². The molecule has 0 bridgehead atoms. The van der Waals surface area contributed by atoms with E-state index in [2.05, 4.69) is 5.32 Å². The van der Waals surface area contributed by atoms with Gasteiger partial charge in [-0.25, -0.2) is 26.8 Å². The molecule has 0 aliphatic rings. The van der Waals surface area contributed by atoms with Crippen molar-refractivity contribution < 1.29 is 35.9 Å². The van der Waals surface area contributed by atoms with Crippen LogP contribution in [0.2, 0.25) is 5.02 Å². The molecule has 3 aromatic carbocycles. The summed E-state index contributed by atoms with van der Waals surface area (Å²) in [5.41, 5.74) is 0.645. The molecule has 14 heteroatoms. The molecule has 0 radical (unpaired) electrons. The Morgan fingerprint density at radius 2 is 1.43 bits per heavy atom. The minimum Gasteiger partial charge on any atom is -0.482 e. The van der Waals surface area contributed by atoms with Crippen molar-refractivity contribution in [2.24, 2.45) is 5.14 Å². The van der Waals surface area contributed by atoms with Crippen molar-refractivity contribution in [2.45, 2.75) is 9.79 Å². The largest absolute Gasteiger partial charge is 0.482 e. The Balaban J connectivity index is 1.47. The number of nitrogens with one attached hydrogen (secondary N) is 1. The fourth-order valence-electron chi connectivity index (χ4n) is 2.91. The number of sulfonamides is 2. The molecule has 3 rings (SSSR count). The van der Waals surface area contributed by atoms with Crippen LogP contribution in [0.25, 0.3) is 0 Å². The van der Waals surface area contributed by atoms with Crippen LogP contribution in [0.15, 0.2) is 82.6 Å². The topological polar surface area (TPSA) is 162 Å². The number of primary sulfonamides is 1. The first kappa shape index (κ1) is 27.9. The number of ether oxygens (including phenoxy) is 2. The van der Waals surface area contributed by atoms with E-state index in [9.17, 15) is 26.4 Å². The van der Waals surface area contributed by atoms with Gasteiger partial charge in [-0.3, -0.25) is 9.10 Å². The number of anilines is 2. The molecule has 3 aromatic rings. The summed E-state index contributed by atoms with van der Waals surface area (Å²) in [6.07, 6.45) is 0. The van der Waals surface area contributed by atoms with E-state index < -0.39 is 45.1 Å². The number of halogens is 1. The zero-order chi connectivity index (χ0) is 27.2. The summed E-state index contributed by atoms with van der Waals surface area (Å²) >= 11 is 5.82. The molecule has 0 unspecified atom stereocenters. The summed E-state index contributed by atoms with van der Waals surface area (Å²) in [6, 6.07) is 16.9. The number of hydrogen-bond acceptors (Lipinski definition) is 8. The van der Waals surface area contributed by atoms with E-state index in [4.69, 9.17) is 26.2 Å². The molecule has 0 saturated carbocycles. The van der Waals surface area contributed by atoms with E-state index in [1.807, 2.05) is 0 Å². The van der Waals surface area contributed by atoms with Gasteiger partial charge in [-0.15, -0.1) is 0 Å². The quantitative estimate of drug-likeness (QED) is 0.353. The van der Waals surface area contributed by atoms with Gasteiger partial charge in [0.1, 0.15) is 5.75 Å². The Hall–Kier alpha value is -3.65. The summed E-state index contributed by atoms with van der Waals surface area (Å²) in [5.74, 6) is -1.19. The summed E-state index contributed by atoms with van der Waals surface area (Å²) in [6.45, 7) is -1.08. The van der Waals surface area contributed by atoms with Crippen LogP contribution in [0, 0.1) is 0 Å². The number of nitrogens with zero attached hydrogens (tertiary/aromatic N) is 1. The van der Waals surface area contributed by atoms with Crippen LogP contribution in [0.3, 0.4) is 0 Å². The molecule has 11 nitrogen and oxygen atoms in total. The SMILES string of the molecule is CN(c1ccc(OCC(=O)OCC(=O)Nc2ccc(S(N)(=O)=O)cc2)cc1)S(=O)(=O)c1ccc(Cl)cc1. The second-order valence-electron chi connectivity index (χ2n) is 7.49. The third-order valence-electron chi connectivity index (χ3n) is 4.86.